The van der Waals surface area contributed by atoms with Crippen molar-refractivity contribution < 1.29 is 9.21 Å². The molecule has 2 aromatic carbocycles. The van der Waals surface area contributed by atoms with Crippen molar-refractivity contribution in [3.05, 3.63) is 69.3 Å². The van der Waals surface area contributed by atoms with Crippen molar-refractivity contribution in [2.75, 3.05) is 10.6 Å². The van der Waals surface area contributed by atoms with Crippen LogP contribution in [0.3, 0.4) is 0 Å². The van der Waals surface area contributed by atoms with Crippen molar-refractivity contribution in [3.63, 3.8) is 0 Å². The summed E-state index contributed by atoms with van der Waals surface area (Å²) >= 11 is 7.02. The molecule has 1 aromatic heterocycles. The highest BCUT2D eigenvalue weighted by Gasteiger charge is 2.09. The van der Waals surface area contributed by atoms with Crippen LogP contribution in [0.15, 0.2) is 68.0 Å². The van der Waals surface area contributed by atoms with E-state index in [2.05, 4.69) is 42.5 Å². The third-order valence-electron chi connectivity index (χ3n) is 4.00. The summed E-state index contributed by atoms with van der Waals surface area (Å²) in [6.07, 6.45) is 0. The van der Waals surface area contributed by atoms with Crippen LogP contribution in [0.1, 0.15) is 19.6 Å². The van der Waals surface area contributed by atoms with E-state index in [0.717, 1.165) is 37.4 Å². The van der Waals surface area contributed by atoms with Crippen molar-refractivity contribution in [1.29, 1.82) is 0 Å². The number of carbonyl (C=O) groups excluding carboxylic acids is 1. The third kappa shape index (κ3) is 5.23. The Labute approximate surface area is 175 Å². The van der Waals surface area contributed by atoms with E-state index in [1.165, 1.54) is 0 Å². The molecule has 1 amide bonds. The van der Waals surface area contributed by atoms with E-state index in [1.807, 2.05) is 68.4 Å². The van der Waals surface area contributed by atoms with E-state index in [1.54, 1.807) is 0 Å². The number of hydrogen-bond acceptors (Lipinski definition) is 3. The fraction of sp³-hybridized carbons (Fsp3) is 0.190. The molecule has 4 nitrogen and oxygen atoms in total. The Morgan fingerprint density at radius 3 is 2.37 bits per heavy atom. The molecule has 0 bridgehead atoms. The van der Waals surface area contributed by atoms with Crippen molar-refractivity contribution in [2.45, 2.75) is 20.4 Å². The van der Waals surface area contributed by atoms with Crippen molar-refractivity contribution in [1.82, 2.24) is 0 Å². The standard InChI is InChI=1S/C21H20Br2N2O2/c1-13(2)21(26)25-16-6-4-15(5-7-16)24-12-17-8-10-20(27-17)18-9-3-14(22)11-19(18)23/h3-11,13,24H,12H2,1-2H3,(H,25,26). The fourth-order valence-electron chi connectivity index (χ4n) is 2.45. The van der Waals surface area contributed by atoms with Crippen LogP contribution in [0.2, 0.25) is 0 Å². The maximum absolute atomic E-state index is 11.7. The number of rotatable bonds is 6. The summed E-state index contributed by atoms with van der Waals surface area (Å²) in [5.41, 5.74) is 2.76. The molecule has 3 aromatic rings. The Kier molecular flexibility index (Phi) is 6.39. The number of hydrogen-bond donors (Lipinski definition) is 2. The molecule has 0 aliphatic carbocycles. The number of carbonyl (C=O) groups is 1. The Morgan fingerprint density at radius 1 is 1.00 bits per heavy atom. The number of furan rings is 1. The van der Waals surface area contributed by atoms with Crippen LogP contribution in [-0.2, 0) is 11.3 Å². The zero-order valence-corrected chi connectivity index (χ0v) is 18.2. The first-order valence-electron chi connectivity index (χ1n) is 8.61. The fourth-order valence-corrected chi connectivity index (χ4v) is 3.70. The van der Waals surface area contributed by atoms with Gasteiger partial charge in [0.2, 0.25) is 5.91 Å². The van der Waals surface area contributed by atoms with Crippen LogP contribution in [0.4, 0.5) is 11.4 Å². The molecular weight excluding hydrogens is 472 g/mol. The lowest BCUT2D eigenvalue weighted by atomic mass is 10.2. The van der Waals surface area contributed by atoms with Gasteiger partial charge in [-0.3, -0.25) is 4.79 Å². The molecule has 0 saturated heterocycles. The quantitative estimate of drug-likeness (QED) is 0.404. The molecule has 0 radical (unpaired) electrons. The highest BCUT2D eigenvalue weighted by molar-refractivity contribution is 9.11. The smallest absolute Gasteiger partial charge is 0.226 e. The summed E-state index contributed by atoms with van der Waals surface area (Å²) in [5.74, 6) is 1.63. The molecule has 6 heteroatoms. The summed E-state index contributed by atoms with van der Waals surface area (Å²) in [6, 6.07) is 17.6. The van der Waals surface area contributed by atoms with Gasteiger partial charge in [-0.25, -0.2) is 0 Å². The van der Waals surface area contributed by atoms with Crippen LogP contribution in [0.5, 0.6) is 0 Å². The summed E-state index contributed by atoms with van der Waals surface area (Å²) in [6.45, 7) is 4.32. The lowest BCUT2D eigenvalue weighted by Crippen LogP contribution is -2.17. The molecule has 0 aliphatic heterocycles. The third-order valence-corrected chi connectivity index (χ3v) is 5.15. The predicted octanol–water partition coefficient (Wildman–Crippen LogP) is 6.68. The lowest BCUT2D eigenvalue weighted by Gasteiger charge is -2.09. The number of anilines is 2. The minimum atomic E-state index is -0.0401. The van der Waals surface area contributed by atoms with E-state index in [4.69, 9.17) is 4.42 Å². The minimum absolute atomic E-state index is 0.0120. The second-order valence-electron chi connectivity index (χ2n) is 6.46. The molecule has 0 saturated carbocycles. The zero-order valence-electron chi connectivity index (χ0n) is 15.1. The van der Waals surface area contributed by atoms with Gasteiger partial charge in [-0.1, -0.05) is 29.8 Å². The average Bonchev–Trinajstić information content (AvgIpc) is 3.09. The van der Waals surface area contributed by atoms with Crippen LogP contribution in [0.25, 0.3) is 11.3 Å². The van der Waals surface area contributed by atoms with E-state index in [0.29, 0.717) is 6.54 Å². The van der Waals surface area contributed by atoms with E-state index >= 15 is 0 Å². The van der Waals surface area contributed by atoms with Crippen molar-refractivity contribution >= 4 is 49.1 Å². The Bertz CT molecular complexity index is 934. The predicted molar refractivity (Wildman–Crippen MR) is 117 cm³/mol. The Balaban J connectivity index is 1.61. The van der Waals surface area contributed by atoms with Crippen LogP contribution >= 0.6 is 31.9 Å². The topological polar surface area (TPSA) is 54.3 Å². The zero-order chi connectivity index (χ0) is 19.4. The lowest BCUT2D eigenvalue weighted by molar-refractivity contribution is -0.118. The highest BCUT2D eigenvalue weighted by atomic mass is 79.9. The number of amides is 1. The van der Waals surface area contributed by atoms with Gasteiger partial charge in [0.1, 0.15) is 11.5 Å². The normalized spacial score (nSPS) is 10.9. The van der Waals surface area contributed by atoms with Gasteiger partial charge in [0, 0.05) is 31.8 Å². The molecule has 2 N–H and O–H groups in total. The van der Waals surface area contributed by atoms with E-state index in [-0.39, 0.29) is 11.8 Å². The van der Waals surface area contributed by atoms with Crippen molar-refractivity contribution in [3.8, 4) is 11.3 Å². The maximum atomic E-state index is 11.7. The van der Waals surface area contributed by atoms with Crippen LogP contribution in [-0.4, -0.2) is 5.91 Å². The molecule has 1 heterocycles. The second kappa shape index (κ2) is 8.76. The molecule has 0 fully saturated rings. The summed E-state index contributed by atoms with van der Waals surface area (Å²) in [5, 5.41) is 6.21. The Hall–Kier alpha value is -2.05. The SMILES string of the molecule is CC(C)C(=O)Nc1ccc(NCc2ccc(-c3ccc(Br)cc3Br)o2)cc1. The molecule has 140 valence electrons. The highest BCUT2D eigenvalue weighted by Crippen LogP contribution is 2.32. The van der Waals surface area contributed by atoms with Gasteiger partial charge in [0.05, 0.1) is 6.54 Å². The Morgan fingerprint density at radius 2 is 1.70 bits per heavy atom. The van der Waals surface area contributed by atoms with Gasteiger partial charge in [-0.15, -0.1) is 0 Å². The van der Waals surface area contributed by atoms with Crippen LogP contribution in [0, 0.1) is 5.92 Å². The van der Waals surface area contributed by atoms with Gasteiger partial charge in [0.15, 0.2) is 0 Å². The summed E-state index contributed by atoms with van der Waals surface area (Å²) < 4.78 is 7.94. The van der Waals surface area contributed by atoms with Crippen LogP contribution < -0.4 is 10.6 Å². The molecule has 0 unspecified atom stereocenters. The monoisotopic (exact) mass is 490 g/mol. The first-order chi connectivity index (χ1) is 12.9. The largest absolute Gasteiger partial charge is 0.459 e. The van der Waals surface area contributed by atoms with Crippen molar-refractivity contribution in [2.24, 2.45) is 5.92 Å². The summed E-state index contributed by atoms with van der Waals surface area (Å²) in [4.78, 5) is 11.7. The maximum Gasteiger partial charge on any atom is 0.226 e. The first-order valence-corrected chi connectivity index (χ1v) is 10.2. The average molecular weight is 492 g/mol. The summed E-state index contributed by atoms with van der Waals surface area (Å²) in [7, 11) is 0. The number of halogens is 2. The second-order valence-corrected chi connectivity index (χ2v) is 8.23. The first kappa shape index (κ1) is 19.7. The van der Waals surface area contributed by atoms with E-state index in [9.17, 15) is 4.79 Å². The molecule has 0 spiro atoms. The molecule has 27 heavy (non-hydrogen) atoms. The van der Waals surface area contributed by atoms with Gasteiger partial charge < -0.3 is 15.1 Å². The van der Waals surface area contributed by atoms with Gasteiger partial charge in [-0.2, -0.15) is 0 Å². The molecule has 0 atom stereocenters. The number of nitrogens with one attached hydrogen (secondary N) is 2. The van der Waals surface area contributed by atoms with Gasteiger partial charge in [-0.05, 0) is 70.5 Å². The minimum Gasteiger partial charge on any atom is -0.459 e. The van der Waals surface area contributed by atoms with E-state index < -0.39 is 0 Å². The molecule has 3 rings (SSSR count). The molecular formula is C21H20Br2N2O2. The number of benzene rings is 2. The van der Waals surface area contributed by atoms with Gasteiger partial charge in [0.25, 0.3) is 0 Å². The molecule has 0 aliphatic rings. The van der Waals surface area contributed by atoms with Gasteiger partial charge >= 0.3 is 0 Å².